The molecule has 10 aromatic carbocycles. The summed E-state index contributed by atoms with van der Waals surface area (Å²) in [6.07, 6.45) is 0. The molecule has 11 aromatic rings. The fourth-order valence-corrected chi connectivity index (χ4v) is 12.8. The number of hydrogen-bond acceptors (Lipinski definition) is 4. The second-order valence-corrected chi connectivity index (χ2v) is 23.4. The summed E-state index contributed by atoms with van der Waals surface area (Å²) in [4.78, 5) is 4.96. The number of anilines is 6. The van der Waals surface area contributed by atoms with Crippen molar-refractivity contribution >= 4 is 99.5 Å². The highest BCUT2D eigenvalue weighted by Crippen LogP contribution is 2.51. The molecule has 13 rings (SSSR count). The number of benzene rings is 10. The van der Waals surface area contributed by atoms with Crippen LogP contribution in [0.5, 0.6) is 11.5 Å². The molecule has 0 atom stereocenters. The molecule has 73 heavy (non-hydrogen) atoms. The number of rotatable bonds is 6. The van der Waals surface area contributed by atoms with Crippen molar-refractivity contribution in [3.05, 3.63) is 222 Å². The van der Waals surface area contributed by atoms with E-state index in [0.29, 0.717) is 0 Å². The monoisotopic (exact) mass is 960 g/mol. The van der Waals surface area contributed by atoms with Gasteiger partial charge in [-0.2, -0.15) is 0 Å². The molecule has 0 unspecified atom stereocenters. The van der Waals surface area contributed by atoms with Crippen molar-refractivity contribution in [3.63, 3.8) is 0 Å². The summed E-state index contributed by atoms with van der Waals surface area (Å²) >= 11 is 1.93. The van der Waals surface area contributed by atoms with Gasteiger partial charge in [0.05, 0.1) is 5.69 Å². The van der Waals surface area contributed by atoms with Gasteiger partial charge >= 0.3 is 0 Å². The van der Waals surface area contributed by atoms with E-state index < -0.39 is 0 Å². The van der Waals surface area contributed by atoms with Crippen molar-refractivity contribution < 1.29 is 4.74 Å². The van der Waals surface area contributed by atoms with Crippen LogP contribution in [0.2, 0.25) is 0 Å². The molecular formula is C68H57BN2OS. The zero-order valence-electron chi connectivity index (χ0n) is 42.8. The lowest BCUT2D eigenvalue weighted by atomic mass is 9.37. The predicted octanol–water partition coefficient (Wildman–Crippen LogP) is 17.6. The topological polar surface area (TPSA) is 15.7 Å². The number of thiophene rings is 1. The van der Waals surface area contributed by atoms with Gasteiger partial charge in [0, 0.05) is 49.4 Å². The Morgan fingerprint density at radius 2 is 1.03 bits per heavy atom. The third-order valence-electron chi connectivity index (χ3n) is 15.3. The van der Waals surface area contributed by atoms with Gasteiger partial charge in [-0.15, -0.1) is 11.3 Å². The Labute approximate surface area is 434 Å². The Bertz CT molecular complexity index is 3930. The van der Waals surface area contributed by atoms with Gasteiger partial charge in [-0.05, 0) is 157 Å². The van der Waals surface area contributed by atoms with E-state index >= 15 is 0 Å². The lowest BCUT2D eigenvalue weighted by molar-refractivity contribution is 0.483. The normalized spacial score (nSPS) is 13.0. The molecule has 0 bridgehead atoms. The minimum atomic E-state index is -0.171. The van der Waals surface area contributed by atoms with Gasteiger partial charge in [0.2, 0.25) is 0 Å². The number of ether oxygens (including phenoxy) is 1. The van der Waals surface area contributed by atoms with E-state index in [2.05, 4.69) is 265 Å². The Hall–Kier alpha value is -7.86. The molecule has 354 valence electrons. The summed E-state index contributed by atoms with van der Waals surface area (Å²) in [7, 11) is 0. The predicted molar refractivity (Wildman–Crippen MR) is 315 cm³/mol. The van der Waals surface area contributed by atoms with Crippen LogP contribution < -0.4 is 30.2 Å². The summed E-state index contributed by atoms with van der Waals surface area (Å²) in [5.74, 6) is 1.81. The zero-order chi connectivity index (χ0) is 49.9. The highest BCUT2D eigenvalue weighted by atomic mass is 32.1. The van der Waals surface area contributed by atoms with Gasteiger partial charge in [0.25, 0.3) is 6.71 Å². The Kier molecular flexibility index (Phi) is 10.4. The SMILES string of the molecule is Cc1ccc(N(c2ccc(C)cc2)c2ccc3c(c2)Oc2cc(C(C)(C)C)cc4c2B3c2sc3ccc(C(C)(C)C)cc3c2N4c2ccc3c(-c4ccccc4)c4ccccc4c(-c4ccccc4)c3c2)cc1. The maximum absolute atomic E-state index is 7.41. The Morgan fingerprint density at radius 3 is 1.63 bits per heavy atom. The van der Waals surface area contributed by atoms with Gasteiger partial charge < -0.3 is 14.5 Å². The summed E-state index contributed by atoms with van der Waals surface area (Å²) < 4.78 is 10.0. The molecule has 3 nitrogen and oxygen atoms in total. The van der Waals surface area contributed by atoms with Crippen LogP contribution >= 0.6 is 11.3 Å². The van der Waals surface area contributed by atoms with Gasteiger partial charge in [-0.25, -0.2) is 0 Å². The van der Waals surface area contributed by atoms with Crippen LogP contribution in [0.25, 0.3) is 53.9 Å². The maximum atomic E-state index is 7.41. The van der Waals surface area contributed by atoms with Crippen LogP contribution in [0.1, 0.15) is 63.8 Å². The molecule has 0 saturated carbocycles. The molecule has 2 aliphatic heterocycles. The number of nitrogens with zero attached hydrogens (tertiary/aromatic N) is 2. The first kappa shape index (κ1) is 45.0. The van der Waals surface area contributed by atoms with Crippen molar-refractivity contribution in [1.82, 2.24) is 0 Å². The third kappa shape index (κ3) is 7.47. The molecule has 0 amide bonds. The van der Waals surface area contributed by atoms with Crippen molar-refractivity contribution in [1.29, 1.82) is 0 Å². The molecule has 0 radical (unpaired) electrons. The van der Waals surface area contributed by atoms with Crippen LogP contribution in [-0.2, 0) is 10.8 Å². The first-order chi connectivity index (χ1) is 35.3. The fraction of sp³-hybridized carbons (Fsp3) is 0.147. The Balaban J connectivity index is 1.10. The zero-order valence-corrected chi connectivity index (χ0v) is 43.7. The van der Waals surface area contributed by atoms with Crippen LogP contribution in [-0.4, -0.2) is 6.71 Å². The summed E-state index contributed by atoms with van der Waals surface area (Å²) in [6, 6.07) is 74.8. The molecule has 0 fully saturated rings. The molecular weight excluding hydrogens is 904 g/mol. The number of aryl methyl sites for hydroxylation is 2. The minimum Gasteiger partial charge on any atom is -0.458 e. The molecule has 5 heteroatoms. The second-order valence-electron chi connectivity index (χ2n) is 22.3. The first-order valence-corrected chi connectivity index (χ1v) is 26.5. The molecule has 1 aromatic heterocycles. The average Bonchev–Trinajstić information content (AvgIpc) is 3.77. The molecule has 0 saturated heterocycles. The molecule has 3 heterocycles. The quantitative estimate of drug-likeness (QED) is 0.122. The van der Waals surface area contributed by atoms with Crippen LogP contribution in [0.4, 0.5) is 34.1 Å². The van der Waals surface area contributed by atoms with Crippen molar-refractivity contribution in [2.24, 2.45) is 0 Å². The molecule has 0 spiro atoms. The summed E-state index contributed by atoms with van der Waals surface area (Å²) in [5.41, 5.74) is 18.9. The third-order valence-corrected chi connectivity index (χ3v) is 16.5. The van der Waals surface area contributed by atoms with Crippen molar-refractivity contribution in [2.45, 2.75) is 66.2 Å². The minimum absolute atomic E-state index is 0.0438. The highest BCUT2D eigenvalue weighted by molar-refractivity contribution is 7.33. The van der Waals surface area contributed by atoms with E-state index in [-0.39, 0.29) is 17.5 Å². The number of hydrogen-bond donors (Lipinski definition) is 0. The first-order valence-electron chi connectivity index (χ1n) is 25.7. The van der Waals surface area contributed by atoms with Crippen molar-refractivity contribution in [2.75, 3.05) is 9.80 Å². The number of fused-ring (bicyclic) bond motifs is 8. The van der Waals surface area contributed by atoms with Gasteiger partial charge in [-0.1, -0.05) is 180 Å². The van der Waals surface area contributed by atoms with Gasteiger partial charge in [0.15, 0.2) is 0 Å². The van der Waals surface area contributed by atoms with E-state index in [4.69, 9.17) is 4.74 Å². The smallest absolute Gasteiger partial charge is 0.268 e. The van der Waals surface area contributed by atoms with Gasteiger partial charge in [0.1, 0.15) is 11.5 Å². The average molecular weight is 961 g/mol. The summed E-state index contributed by atoms with van der Waals surface area (Å²) in [6.45, 7) is 18.2. The maximum Gasteiger partial charge on any atom is 0.268 e. The largest absolute Gasteiger partial charge is 0.458 e. The van der Waals surface area contributed by atoms with Crippen LogP contribution in [0, 0.1) is 13.8 Å². The van der Waals surface area contributed by atoms with E-state index in [1.54, 1.807) is 0 Å². The Morgan fingerprint density at radius 1 is 0.466 bits per heavy atom. The standard InChI is InChI=1S/C68H57BN2OS/c1-42-23-28-48(29-24-42)70(49-30-25-43(2)26-31-49)51-33-35-57-59(41-51)72-60-39-47(68(6,7)8)38-58-64(60)69(57)66-65(56-37-46(67(3,4)5)27-36-61(56)73-66)71(58)50-32-34-54-55(40-50)63(45-19-13-10-14-20-45)53-22-16-15-21-52(53)62(54)44-17-11-9-12-18-44/h9-41H,1-8H3. The molecule has 2 aliphatic rings. The lowest BCUT2D eigenvalue weighted by Gasteiger charge is -2.40. The lowest BCUT2D eigenvalue weighted by Crippen LogP contribution is -2.58. The van der Waals surface area contributed by atoms with E-state index in [1.165, 1.54) is 103 Å². The van der Waals surface area contributed by atoms with E-state index in [1.807, 2.05) is 11.3 Å². The molecule has 0 aliphatic carbocycles. The highest BCUT2D eigenvalue weighted by Gasteiger charge is 2.45. The second kappa shape index (κ2) is 16.9. The van der Waals surface area contributed by atoms with Crippen LogP contribution in [0.3, 0.4) is 0 Å². The van der Waals surface area contributed by atoms with Crippen molar-refractivity contribution in [3.8, 4) is 33.8 Å². The van der Waals surface area contributed by atoms with Crippen LogP contribution in [0.15, 0.2) is 200 Å². The molecule has 0 N–H and O–H groups in total. The van der Waals surface area contributed by atoms with E-state index in [0.717, 1.165) is 34.2 Å². The summed E-state index contributed by atoms with van der Waals surface area (Å²) in [5, 5.41) is 6.23. The van der Waals surface area contributed by atoms with E-state index in [9.17, 15) is 0 Å². The fourth-order valence-electron chi connectivity index (χ4n) is 11.5. The van der Waals surface area contributed by atoms with Gasteiger partial charge in [-0.3, -0.25) is 0 Å².